The van der Waals surface area contributed by atoms with Crippen LogP contribution >= 0.6 is 0 Å². The Morgan fingerprint density at radius 1 is 0.333 bits per heavy atom. The van der Waals surface area contributed by atoms with Gasteiger partial charge < -0.3 is 9.47 Å². The average Bonchev–Trinajstić information content (AvgIpc) is 2.85. The van der Waals surface area contributed by atoms with Crippen molar-refractivity contribution in [1.29, 1.82) is 10.5 Å². The quantitative estimate of drug-likeness (QED) is 0.280. The van der Waals surface area contributed by atoms with Crippen LogP contribution in [0.3, 0.4) is 0 Å². The average molecular weight is 528 g/mol. The van der Waals surface area contributed by atoms with E-state index in [1.807, 2.05) is 0 Å². The molecule has 0 fully saturated rings. The van der Waals surface area contributed by atoms with Crippen molar-refractivity contribution in [2.75, 3.05) is 0 Å². The molecule has 0 aromatic heterocycles. The summed E-state index contributed by atoms with van der Waals surface area (Å²) in [5, 5.41) is 17.0. The van der Waals surface area contributed by atoms with E-state index in [4.69, 9.17) is 10.5 Å². The number of nitriles is 2. The standard InChI is InChI=1S/C20F12N2O2/c21-5-3(1-33)6(22)10(26)17(9(5)25)35-19-13(29)15(31)20(16(32)14(19)30)36-18-11(27)7(23)4(2-34)8(24)12(18)28. The lowest BCUT2D eigenvalue weighted by Crippen LogP contribution is -2.09. The minimum absolute atomic E-state index is 0.729. The van der Waals surface area contributed by atoms with Crippen LogP contribution in [0.5, 0.6) is 23.0 Å². The van der Waals surface area contributed by atoms with Gasteiger partial charge in [-0.1, -0.05) is 0 Å². The van der Waals surface area contributed by atoms with Crippen molar-refractivity contribution in [2.45, 2.75) is 0 Å². The fraction of sp³-hybridized carbons (Fsp3) is 0. The highest BCUT2D eigenvalue weighted by atomic mass is 19.2. The van der Waals surface area contributed by atoms with E-state index in [2.05, 4.69) is 9.47 Å². The highest BCUT2D eigenvalue weighted by Crippen LogP contribution is 2.42. The molecule has 0 saturated heterocycles. The van der Waals surface area contributed by atoms with Gasteiger partial charge in [0.15, 0.2) is 23.3 Å². The van der Waals surface area contributed by atoms with Crippen molar-refractivity contribution < 1.29 is 62.2 Å². The molecule has 0 saturated carbocycles. The van der Waals surface area contributed by atoms with Crippen LogP contribution in [0.1, 0.15) is 11.1 Å². The Bertz CT molecular complexity index is 1340. The van der Waals surface area contributed by atoms with Gasteiger partial charge in [-0.2, -0.15) is 45.6 Å². The first kappa shape index (κ1) is 26.0. The summed E-state index contributed by atoms with van der Waals surface area (Å²) < 4.78 is 176. The Hall–Kier alpha value is -4.60. The molecule has 0 aliphatic carbocycles. The van der Waals surface area contributed by atoms with Crippen LogP contribution in [0.25, 0.3) is 0 Å². The minimum Gasteiger partial charge on any atom is -0.444 e. The summed E-state index contributed by atoms with van der Waals surface area (Å²) in [4.78, 5) is 0. The lowest BCUT2D eigenvalue weighted by molar-refractivity contribution is 0.297. The predicted octanol–water partition coefficient (Wildman–Crippen LogP) is 6.68. The molecule has 0 aliphatic heterocycles. The molecule has 0 radical (unpaired) electrons. The Balaban J connectivity index is 2.19. The molecule has 186 valence electrons. The summed E-state index contributed by atoms with van der Waals surface area (Å²) in [5.41, 5.74) is -3.66. The third-order valence-corrected chi connectivity index (χ3v) is 4.26. The molecule has 3 aromatic carbocycles. The van der Waals surface area contributed by atoms with E-state index in [0.717, 1.165) is 12.1 Å². The highest BCUT2D eigenvalue weighted by molar-refractivity contribution is 5.47. The lowest BCUT2D eigenvalue weighted by atomic mass is 10.1. The maximum atomic E-state index is 14.3. The number of benzene rings is 3. The first-order chi connectivity index (χ1) is 16.8. The third kappa shape index (κ3) is 3.76. The summed E-state index contributed by atoms with van der Waals surface area (Å²) in [6.45, 7) is 0. The summed E-state index contributed by atoms with van der Waals surface area (Å²) in [6.07, 6.45) is 0. The van der Waals surface area contributed by atoms with Gasteiger partial charge in [-0.3, -0.25) is 0 Å². The van der Waals surface area contributed by atoms with Gasteiger partial charge >= 0.3 is 0 Å². The van der Waals surface area contributed by atoms with Gasteiger partial charge in [-0.25, -0.2) is 17.6 Å². The monoisotopic (exact) mass is 528 g/mol. The van der Waals surface area contributed by atoms with Crippen LogP contribution in [0.4, 0.5) is 52.7 Å². The fourth-order valence-corrected chi connectivity index (χ4v) is 2.57. The van der Waals surface area contributed by atoms with Crippen LogP contribution < -0.4 is 9.47 Å². The van der Waals surface area contributed by atoms with Gasteiger partial charge in [0.2, 0.25) is 69.5 Å². The largest absolute Gasteiger partial charge is 0.444 e. The van der Waals surface area contributed by atoms with Crippen molar-refractivity contribution in [3.8, 4) is 35.1 Å². The Kier molecular flexibility index (Phi) is 6.66. The van der Waals surface area contributed by atoms with E-state index in [9.17, 15) is 52.7 Å². The van der Waals surface area contributed by atoms with Gasteiger partial charge in [0.25, 0.3) is 0 Å². The maximum Gasteiger partial charge on any atom is 0.208 e. The molecule has 16 heteroatoms. The topological polar surface area (TPSA) is 66.0 Å². The molecule has 0 amide bonds. The molecular formula is C20F12N2O2. The number of rotatable bonds is 4. The second-order valence-electron chi connectivity index (χ2n) is 6.26. The molecule has 0 aliphatic rings. The third-order valence-electron chi connectivity index (χ3n) is 4.26. The van der Waals surface area contributed by atoms with Crippen LogP contribution in [0.15, 0.2) is 0 Å². The van der Waals surface area contributed by atoms with Crippen LogP contribution in [0.2, 0.25) is 0 Å². The minimum atomic E-state index is -2.77. The summed E-state index contributed by atoms with van der Waals surface area (Å²) in [5.74, 6) is -40.4. The van der Waals surface area contributed by atoms with Gasteiger partial charge in [0.05, 0.1) is 0 Å². The molecule has 0 heterocycles. The van der Waals surface area contributed by atoms with Gasteiger partial charge in [-0.15, -0.1) is 0 Å². The molecule has 0 bridgehead atoms. The summed E-state index contributed by atoms with van der Waals surface area (Å²) in [7, 11) is 0. The summed E-state index contributed by atoms with van der Waals surface area (Å²) >= 11 is 0. The van der Waals surface area contributed by atoms with Crippen molar-refractivity contribution in [3.05, 3.63) is 80.9 Å². The molecule has 0 atom stereocenters. The second kappa shape index (κ2) is 9.21. The zero-order valence-corrected chi connectivity index (χ0v) is 16.2. The Morgan fingerprint density at radius 3 is 0.667 bits per heavy atom. The second-order valence-corrected chi connectivity index (χ2v) is 6.26. The molecule has 4 nitrogen and oxygen atoms in total. The van der Waals surface area contributed by atoms with Gasteiger partial charge in [-0.05, 0) is 0 Å². The molecule has 0 N–H and O–H groups in total. The highest BCUT2D eigenvalue weighted by Gasteiger charge is 2.35. The zero-order valence-electron chi connectivity index (χ0n) is 16.2. The number of ether oxygens (including phenoxy) is 2. The van der Waals surface area contributed by atoms with Crippen molar-refractivity contribution in [1.82, 2.24) is 0 Å². The van der Waals surface area contributed by atoms with E-state index < -0.39 is 104 Å². The molecular weight excluding hydrogens is 528 g/mol. The van der Waals surface area contributed by atoms with Crippen LogP contribution in [-0.4, -0.2) is 0 Å². The van der Waals surface area contributed by atoms with Gasteiger partial charge in [0, 0.05) is 0 Å². The van der Waals surface area contributed by atoms with E-state index in [-0.39, 0.29) is 0 Å². The van der Waals surface area contributed by atoms with Crippen LogP contribution in [-0.2, 0) is 0 Å². The van der Waals surface area contributed by atoms with Crippen molar-refractivity contribution in [2.24, 2.45) is 0 Å². The van der Waals surface area contributed by atoms with Crippen LogP contribution in [0, 0.1) is 92.5 Å². The molecule has 0 spiro atoms. The lowest BCUT2D eigenvalue weighted by Gasteiger charge is -2.15. The summed E-state index contributed by atoms with van der Waals surface area (Å²) in [6, 6.07) is 1.46. The fourth-order valence-electron chi connectivity index (χ4n) is 2.57. The smallest absolute Gasteiger partial charge is 0.208 e. The normalized spacial score (nSPS) is 10.7. The SMILES string of the molecule is N#Cc1c(F)c(F)c(Oc2c(F)c(F)c(Oc3c(F)c(F)c(C#N)c(F)c3F)c(F)c2F)c(F)c1F. The van der Waals surface area contributed by atoms with Gasteiger partial charge in [0.1, 0.15) is 23.3 Å². The molecule has 3 rings (SSSR count). The molecule has 36 heavy (non-hydrogen) atoms. The zero-order chi connectivity index (χ0) is 27.2. The van der Waals surface area contributed by atoms with E-state index in [1.54, 1.807) is 0 Å². The Morgan fingerprint density at radius 2 is 0.500 bits per heavy atom. The number of nitrogens with zero attached hydrogens (tertiary/aromatic N) is 2. The number of halogens is 12. The first-order valence-electron chi connectivity index (χ1n) is 8.53. The molecule has 0 unspecified atom stereocenters. The van der Waals surface area contributed by atoms with E-state index in [0.29, 0.717) is 0 Å². The van der Waals surface area contributed by atoms with E-state index >= 15 is 0 Å². The predicted molar refractivity (Wildman–Crippen MR) is 88.4 cm³/mol. The maximum absolute atomic E-state index is 14.3. The van der Waals surface area contributed by atoms with Crippen molar-refractivity contribution in [3.63, 3.8) is 0 Å². The van der Waals surface area contributed by atoms with E-state index in [1.165, 1.54) is 0 Å². The Labute approximate surface area is 189 Å². The number of hydrogen-bond acceptors (Lipinski definition) is 4. The van der Waals surface area contributed by atoms with Crippen molar-refractivity contribution >= 4 is 0 Å². The molecule has 3 aromatic rings. The number of hydrogen-bond donors (Lipinski definition) is 0. The first-order valence-corrected chi connectivity index (χ1v) is 8.53.